The molecule has 114 valence electrons. The number of rotatable bonds is 1. The van der Waals surface area contributed by atoms with Crippen LogP contribution in [0.3, 0.4) is 0 Å². The molecule has 0 saturated heterocycles. The van der Waals surface area contributed by atoms with Crippen molar-refractivity contribution in [2.24, 2.45) is 0 Å². The van der Waals surface area contributed by atoms with Crippen molar-refractivity contribution < 1.29 is 4.74 Å². The zero-order valence-electron chi connectivity index (χ0n) is 13.1. The van der Waals surface area contributed by atoms with E-state index in [1.54, 1.807) is 0 Å². The van der Waals surface area contributed by atoms with Crippen LogP contribution in [0.4, 0.5) is 0 Å². The maximum absolute atomic E-state index is 6.12. The van der Waals surface area contributed by atoms with Crippen molar-refractivity contribution >= 4 is 10.8 Å². The van der Waals surface area contributed by atoms with Crippen molar-refractivity contribution in [3.05, 3.63) is 108 Å². The average molecular weight is 308 g/mol. The number of hydrogen-bond donors (Lipinski definition) is 0. The fourth-order valence-corrected chi connectivity index (χ4v) is 3.66. The van der Waals surface area contributed by atoms with Crippen LogP contribution in [0.15, 0.2) is 91.0 Å². The van der Waals surface area contributed by atoms with E-state index in [0.717, 1.165) is 11.5 Å². The van der Waals surface area contributed by atoms with Gasteiger partial charge in [-0.05, 0) is 28.5 Å². The van der Waals surface area contributed by atoms with Crippen molar-refractivity contribution in [3.8, 4) is 11.5 Å². The van der Waals surface area contributed by atoms with Crippen LogP contribution >= 0.6 is 0 Å². The summed E-state index contributed by atoms with van der Waals surface area (Å²) in [6.07, 6.45) is 0. The predicted molar refractivity (Wildman–Crippen MR) is 97.9 cm³/mol. The molecule has 5 rings (SSSR count). The molecule has 1 heteroatoms. The van der Waals surface area contributed by atoms with E-state index < -0.39 is 0 Å². The van der Waals surface area contributed by atoms with Gasteiger partial charge in [0.2, 0.25) is 0 Å². The molecule has 1 nitrogen and oxygen atoms in total. The molecule has 1 aliphatic heterocycles. The van der Waals surface area contributed by atoms with Gasteiger partial charge in [0, 0.05) is 17.0 Å². The highest BCUT2D eigenvalue weighted by molar-refractivity contribution is 5.83. The largest absolute Gasteiger partial charge is 0.457 e. The number of hydrogen-bond acceptors (Lipinski definition) is 1. The van der Waals surface area contributed by atoms with Gasteiger partial charge < -0.3 is 4.74 Å². The van der Waals surface area contributed by atoms with Gasteiger partial charge in [-0.15, -0.1) is 0 Å². The molecule has 0 aliphatic carbocycles. The molecule has 0 atom stereocenters. The van der Waals surface area contributed by atoms with E-state index in [9.17, 15) is 0 Å². The molecule has 0 spiro atoms. The minimum absolute atomic E-state index is 0.204. The summed E-state index contributed by atoms with van der Waals surface area (Å²) in [4.78, 5) is 0. The fraction of sp³-hybridized carbons (Fsp3) is 0.0435. The van der Waals surface area contributed by atoms with Crippen LogP contribution < -0.4 is 4.74 Å². The Hall–Kier alpha value is -3.06. The predicted octanol–water partition coefficient (Wildman–Crippen LogP) is 6.13. The third-order valence-electron chi connectivity index (χ3n) is 4.79. The first-order chi connectivity index (χ1) is 11.9. The van der Waals surface area contributed by atoms with Crippen molar-refractivity contribution in [2.45, 2.75) is 5.92 Å². The molecule has 0 bridgehead atoms. The lowest BCUT2D eigenvalue weighted by atomic mass is 9.82. The first-order valence-electron chi connectivity index (χ1n) is 8.24. The van der Waals surface area contributed by atoms with Gasteiger partial charge in [0.15, 0.2) is 0 Å². The molecule has 0 N–H and O–H groups in total. The first-order valence-corrected chi connectivity index (χ1v) is 8.24. The molecular weight excluding hydrogens is 292 g/mol. The minimum atomic E-state index is 0.204. The first kappa shape index (κ1) is 13.4. The molecule has 0 radical (unpaired) electrons. The molecule has 0 amide bonds. The molecule has 24 heavy (non-hydrogen) atoms. The lowest BCUT2D eigenvalue weighted by Gasteiger charge is -2.28. The van der Waals surface area contributed by atoms with E-state index in [2.05, 4.69) is 78.9 Å². The third-order valence-corrected chi connectivity index (χ3v) is 4.79. The van der Waals surface area contributed by atoms with Gasteiger partial charge in [-0.3, -0.25) is 0 Å². The summed E-state index contributed by atoms with van der Waals surface area (Å²) < 4.78 is 6.12. The second-order valence-corrected chi connectivity index (χ2v) is 6.22. The van der Waals surface area contributed by atoms with E-state index in [0.29, 0.717) is 0 Å². The Bertz CT molecular complexity index is 1000. The van der Waals surface area contributed by atoms with Gasteiger partial charge in [0.1, 0.15) is 11.5 Å². The Kier molecular flexibility index (Phi) is 2.92. The molecular formula is C23H16O. The molecule has 0 fully saturated rings. The van der Waals surface area contributed by atoms with Gasteiger partial charge in [-0.2, -0.15) is 0 Å². The highest BCUT2D eigenvalue weighted by Gasteiger charge is 2.28. The molecule has 4 aromatic carbocycles. The SMILES string of the molecule is c1ccc2c(c1)Oc1ccccc1C2c1ccc2ccccc2c1. The third kappa shape index (κ3) is 2.02. The fourth-order valence-electron chi connectivity index (χ4n) is 3.66. The van der Waals surface area contributed by atoms with Crippen LogP contribution in [0.25, 0.3) is 10.8 Å². The van der Waals surface area contributed by atoms with E-state index >= 15 is 0 Å². The summed E-state index contributed by atoms with van der Waals surface area (Å²) in [6, 6.07) is 32.0. The summed E-state index contributed by atoms with van der Waals surface area (Å²) in [5, 5.41) is 2.55. The average Bonchev–Trinajstić information content (AvgIpc) is 2.65. The number of fused-ring (bicyclic) bond motifs is 3. The molecule has 0 saturated carbocycles. The van der Waals surface area contributed by atoms with Crippen molar-refractivity contribution in [1.82, 2.24) is 0 Å². The van der Waals surface area contributed by atoms with E-state index in [-0.39, 0.29) is 5.92 Å². The topological polar surface area (TPSA) is 9.23 Å². The van der Waals surface area contributed by atoms with Crippen LogP contribution in [0.2, 0.25) is 0 Å². The molecule has 0 aromatic heterocycles. The van der Waals surface area contributed by atoms with E-state index in [1.165, 1.54) is 27.5 Å². The van der Waals surface area contributed by atoms with E-state index in [4.69, 9.17) is 4.74 Å². The molecule has 4 aromatic rings. The molecule has 1 heterocycles. The zero-order chi connectivity index (χ0) is 15.9. The Labute approximate surface area is 141 Å². The van der Waals surface area contributed by atoms with Crippen LogP contribution in [0, 0.1) is 0 Å². The highest BCUT2D eigenvalue weighted by Crippen LogP contribution is 2.47. The monoisotopic (exact) mass is 308 g/mol. The number of ether oxygens (including phenoxy) is 1. The van der Waals surface area contributed by atoms with E-state index in [1.807, 2.05) is 12.1 Å². The lowest BCUT2D eigenvalue weighted by Crippen LogP contribution is -2.11. The van der Waals surface area contributed by atoms with Gasteiger partial charge in [0.05, 0.1) is 0 Å². The minimum Gasteiger partial charge on any atom is -0.457 e. The standard InChI is InChI=1S/C23H16O/c1-2-8-17-15-18(14-13-16(17)7-1)23-19-9-3-5-11-21(19)24-22-12-6-4-10-20(22)23/h1-15,23H. The van der Waals surface area contributed by atoms with Crippen molar-refractivity contribution in [3.63, 3.8) is 0 Å². The summed E-state index contributed by atoms with van der Waals surface area (Å²) in [7, 11) is 0. The van der Waals surface area contributed by atoms with Gasteiger partial charge >= 0.3 is 0 Å². The summed E-state index contributed by atoms with van der Waals surface area (Å²) in [5.41, 5.74) is 3.76. The maximum atomic E-state index is 6.12. The van der Waals surface area contributed by atoms with Crippen LogP contribution in [-0.2, 0) is 0 Å². The van der Waals surface area contributed by atoms with Crippen LogP contribution in [0.1, 0.15) is 22.6 Å². The normalized spacial score (nSPS) is 13.2. The maximum Gasteiger partial charge on any atom is 0.131 e. The van der Waals surface area contributed by atoms with Crippen molar-refractivity contribution in [2.75, 3.05) is 0 Å². The Morgan fingerprint density at radius 2 is 1.12 bits per heavy atom. The van der Waals surface area contributed by atoms with Crippen LogP contribution in [-0.4, -0.2) is 0 Å². The van der Waals surface area contributed by atoms with Gasteiger partial charge in [0.25, 0.3) is 0 Å². The van der Waals surface area contributed by atoms with Gasteiger partial charge in [-0.25, -0.2) is 0 Å². The second-order valence-electron chi connectivity index (χ2n) is 6.22. The quantitative estimate of drug-likeness (QED) is 0.362. The molecule has 1 aliphatic rings. The lowest BCUT2D eigenvalue weighted by molar-refractivity contribution is 0.453. The van der Waals surface area contributed by atoms with Gasteiger partial charge in [-0.1, -0.05) is 78.9 Å². The highest BCUT2D eigenvalue weighted by atomic mass is 16.5. The summed E-state index contributed by atoms with van der Waals surface area (Å²) in [5.74, 6) is 2.11. The zero-order valence-corrected chi connectivity index (χ0v) is 13.1. The Morgan fingerprint density at radius 1 is 0.542 bits per heavy atom. The van der Waals surface area contributed by atoms with Crippen LogP contribution in [0.5, 0.6) is 11.5 Å². The Morgan fingerprint density at radius 3 is 1.83 bits per heavy atom. The summed E-state index contributed by atoms with van der Waals surface area (Å²) in [6.45, 7) is 0. The number of para-hydroxylation sites is 2. The summed E-state index contributed by atoms with van der Waals surface area (Å²) >= 11 is 0. The second kappa shape index (κ2) is 5.24. The number of benzene rings is 4. The Balaban J connectivity index is 1.77. The smallest absolute Gasteiger partial charge is 0.131 e. The van der Waals surface area contributed by atoms with Crippen molar-refractivity contribution in [1.29, 1.82) is 0 Å². The molecule has 0 unspecified atom stereocenters.